The number of rotatable bonds is 5. The van der Waals surface area contributed by atoms with Crippen molar-refractivity contribution in [3.8, 4) is 0 Å². The number of pyridine rings is 1. The van der Waals surface area contributed by atoms with E-state index in [4.69, 9.17) is 4.74 Å². The van der Waals surface area contributed by atoms with E-state index in [0.717, 1.165) is 22.2 Å². The van der Waals surface area contributed by atoms with Crippen molar-refractivity contribution >= 4 is 11.0 Å². The molecule has 0 aliphatic rings. The van der Waals surface area contributed by atoms with Crippen LogP contribution in [0.4, 0.5) is 0 Å². The van der Waals surface area contributed by atoms with Crippen molar-refractivity contribution in [1.82, 2.24) is 9.55 Å². The average Bonchev–Trinajstić information content (AvgIpc) is 2.87. The molecule has 2 heterocycles. The van der Waals surface area contributed by atoms with E-state index in [2.05, 4.69) is 4.98 Å². The second-order valence-corrected chi connectivity index (χ2v) is 4.62. The number of hydrogen-bond donors (Lipinski definition) is 1. The summed E-state index contributed by atoms with van der Waals surface area (Å²) in [6, 6.07) is 13.9. The molecule has 0 amide bonds. The number of aromatic nitrogens is 2. The Morgan fingerprint density at radius 3 is 2.75 bits per heavy atom. The Labute approximate surface area is 117 Å². The fourth-order valence-electron chi connectivity index (χ4n) is 2.26. The lowest BCUT2D eigenvalue weighted by Gasteiger charge is -2.06. The summed E-state index contributed by atoms with van der Waals surface area (Å²) in [7, 11) is 0. The average molecular weight is 268 g/mol. The molecule has 0 saturated carbocycles. The van der Waals surface area contributed by atoms with Crippen LogP contribution in [0.2, 0.25) is 0 Å². The highest BCUT2D eigenvalue weighted by atomic mass is 16.5. The number of benzene rings is 1. The van der Waals surface area contributed by atoms with Crippen molar-refractivity contribution in [2.75, 3.05) is 0 Å². The molecule has 0 saturated heterocycles. The smallest absolute Gasteiger partial charge is 0.142 e. The quantitative estimate of drug-likeness (QED) is 0.774. The fourth-order valence-corrected chi connectivity index (χ4v) is 2.26. The maximum absolute atomic E-state index is 9.37. The zero-order chi connectivity index (χ0) is 13.8. The Hall–Kier alpha value is -2.17. The molecular formula is C16H16N2O2. The van der Waals surface area contributed by atoms with E-state index >= 15 is 0 Å². The van der Waals surface area contributed by atoms with Gasteiger partial charge in [0.25, 0.3) is 0 Å². The lowest BCUT2D eigenvalue weighted by molar-refractivity contribution is 0.0663. The molecule has 102 valence electrons. The molecule has 0 fully saturated rings. The predicted octanol–water partition coefficient (Wildman–Crippen LogP) is 2.70. The van der Waals surface area contributed by atoms with Gasteiger partial charge in [0, 0.05) is 23.3 Å². The molecule has 3 aromatic rings. The Kier molecular flexibility index (Phi) is 3.76. The van der Waals surface area contributed by atoms with Crippen LogP contribution in [0.1, 0.15) is 11.1 Å². The molecule has 3 rings (SSSR count). The van der Waals surface area contributed by atoms with Gasteiger partial charge in [0.05, 0.1) is 13.2 Å². The lowest BCUT2D eigenvalue weighted by Crippen LogP contribution is -2.02. The minimum absolute atomic E-state index is 0.00782. The number of ether oxygens (including phenoxy) is 1. The fraction of sp³-hybridized carbons (Fsp3) is 0.188. The van der Waals surface area contributed by atoms with E-state index in [1.54, 1.807) is 6.20 Å². The van der Waals surface area contributed by atoms with Crippen molar-refractivity contribution < 1.29 is 9.84 Å². The number of hydrogen-bond acceptors (Lipinski definition) is 3. The molecule has 1 N–H and O–H groups in total. The summed E-state index contributed by atoms with van der Waals surface area (Å²) in [5.74, 6) is 0. The van der Waals surface area contributed by atoms with Crippen molar-refractivity contribution in [1.29, 1.82) is 0 Å². The van der Waals surface area contributed by atoms with Gasteiger partial charge in [0.1, 0.15) is 12.4 Å². The molecule has 0 aliphatic carbocycles. The lowest BCUT2D eigenvalue weighted by atomic mass is 10.2. The molecule has 2 aromatic heterocycles. The second-order valence-electron chi connectivity index (χ2n) is 4.62. The van der Waals surface area contributed by atoms with Crippen LogP contribution in [-0.4, -0.2) is 14.7 Å². The summed E-state index contributed by atoms with van der Waals surface area (Å²) in [6.45, 7) is 0.984. The van der Waals surface area contributed by atoms with E-state index in [9.17, 15) is 5.11 Å². The van der Waals surface area contributed by atoms with E-state index in [0.29, 0.717) is 13.3 Å². The van der Waals surface area contributed by atoms with Gasteiger partial charge < -0.3 is 14.4 Å². The summed E-state index contributed by atoms with van der Waals surface area (Å²) in [5, 5.41) is 10.3. The molecule has 1 aromatic carbocycles. The first-order valence-electron chi connectivity index (χ1n) is 6.54. The SMILES string of the molecule is OCc1cn(COCc2ccccc2)c2ncccc12. The normalized spacial score (nSPS) is 11.1. The van der Waals surface area contributed by atoms with Crippen molar-refractivity contribution in [2.24, 2.45) is 0 Å². The summed E-state index contributed by atoms with van der Waals surface area (Å²) in [4.78, 5) is 4.35. The number of aliphatic hydroxyl groups is 1. The van der Waals surface area contributed by atoms with Gasteiger partial charge in [0.15, 0.2) is 0 Å². The summed E-state index contributed by atoms with van der Waals surface area (Å²) < 4.78 is 7.63. The highest BCUT2D eigenvalue weighted by Gasteiger charge is 2.08. The van der Waals surface area contributed by atoms with Crippen molar-refractivity contribution in [3.05, 3.63) is 66.0 Å². The van der Waals surface area contributed by atoms with Gasteiger partial charge in [-0.2, -0.15) is 0 Å². The van der Waals surface area contributed by atoms with Crippen LogP contribution in [0.15, 0.2) is 54.9 Å². The van der Waals surface area contributed by atoms with Gasteiger partial charge in [-0.3, -0.25) is 0 Å². The maximum atomic E-state index is 9.37. The first kappa shape index (κ1) is 12.8. The van der Waals surface area contributed by atoms with Gasteiger partial charge in [-0.1, -0.05) is 30.3 Å². The predicted molar refractivity (Wildman–Crippen MR) is 76.9 cm³/mol. The van der Waals surface area contributed by atoms with Crippen LogP contribution in [-0.2, 0) is 24.7 Å². The van der Waals surface area contributed by atoms with Crippen LogP contribution < -0.4 is 0 Å². The maximum Gasteiger partial charge on any atom is 0.142 e. The third-order valence-corrected chi connectivity index (χ3v) is 3.23. The largest absolute Gasteiger partial charge is 0.392 e. The number of aliphatic hydroxyl groups excluding tert-OH is 1. The third kappa shape index (κ3) is 2.57. The molecule has 0 spiro atoms. The van der Waals surface area contributed by atoms with E-state index in [1.165, 1.54) is 0 Å². The Balaban J connectivity index is 1.74. The molecule has 20 heavy (non-hydrogen) atoms. The molecule has 4 heteroatoms. The molecule has 0 radical (unpaired) electrons. The first-order chi connectivity index (χ1) is 9.88. The zero-order valence-electron chi connectivity index (χ0n) is 11.1. The van der Waals surface area contributed by atoms with E-state index < -0.39 is 0 Å². The van der Waals surface area contributed by atoms with E-state index in [-0.39, 0.29) is 6.61 Å². The summed E-state index contributed by atoms with van der Waals surface area (Å²) in [5.41, 5.74) is 2.85. The molecule has 0 atom stereocenters. The zero-order valence-corrected chi connectivity index (χ0v) is 11.1. The number of nitrogens with zero attached hydrogens (tertiary/aromatic N) is 2. The monoisotopic (exact) mass is 268 g/mol. The van der Waals surface area contributed by atoms with Gasteiger partial charge in [-0.05, 0) is 17.7 Å². The summed E-state index contributed by atoms with van der Waals surface area (Å²) in [6.07, 6.45) is 3.64. The van der Waals surface area contributed by atoms with Crippen LogP contribution in [0.3, 0.4) is 0 Å². The van der Waals surface area contributed by atoms with Crippen molar-refractivity contribution in [2.45, 2.75) is 19.9 Å². The van der Waals surface area contributed by atoms with Crippen LogP contribution in [0.25, 0.3) is 11.0 Å². The topological polar surface area (TPSA) is 47.3 Å². The second kappa shape index (κ2) is 5.86. The number of fused-ring (bicyclic) bond motifs is 1. The molecule has 0 unspecified atom stereocenters. The van der Waals surface area contributed by atoms with Gasteiger partial charge in [-0.15, -0.1) is 0 Å². The standard InChI is InChI=1S/C16H16N2O2/c19-10-14-9-18(16-15(14)7-4-8-17-16)12-20-11-13-5-2-1-3-6-13/h1-9,19H,10-12H2. The molecule has 0 bridgehead atoms. The minimum atomic E-state index is 0.00782. The van der Waals surface area contributed by atoms with Crippen LogP contribution >= 0.6 is 0 Å². The van der Waals surface area contributed by atoms with Crippen molar-refractivity contribution in [3.63, 3.8) is 0 Å². The molecule has 0 aliphatic heterocycles. The van der Waals surface area contributed by atoms with Gasteiger partial charge in [0.2, 0.25) is 0 Å². The molecule has 4 nitrogen and oxygen atoms in total. The van der Waals surface area contributed by atoms with Gasteiger partial charge >= 0.3 is 0 Å². The van der Waals surface area contributed by atoms with Crippen LogP contribution in [0, 0.1) is 0 Å². The summed E-state index contributed by atoms with van der Waals surface area (Å²) >= 11 is 0. The Morgan fingerprint density at radius 1 is 1.10 bits per heavy atom. The highest BCUT2D eigenvalue weighted by Crippen LogP contribution is 2.19. The molecular weight excluding hydrogens is 252 g/mol. The first-order valence-corrected chi connectivity index (χ1v) is 6.54. The van der Waals surface area contributed by atoms with Gasteiger partial charge in [-0.25, -0.2) is 4.98 Å². The minimum Gasteiger partial charge on any atom is -0.392 e. The third-order valence-electron chi connectivity index (χ3n) is 3.23. The Morgan fingerprint density at radius 2 is 1.95 bits per heavy atom. The van der Waals surface area contributed by atoms with Crippen LogP contribution in [0.5, 0.6) is 0 Å². The van der Waals surface area contributed by atoms with E-state index in [1.807, 2.05) is 53.2 Å². The Bertz CT molecular complexity index is 692. The highest BCUT2D eigenvalue weighted by molar-refractivity contribution is 5.80.